The summed E-state index contributed by atoms with van der Waals surface area (Å²) in [5.41, 5.74) is -1.83. The van der Waals surface area contributed by atoms with Crippen LogP contribution in [-0.2, 0) is 5.92 Å². The molecule has 8 heteroatoms. The number of pyridine rings is 1. The van der Waals surface area contributed by atoms with E-state index in [1.54, 1.807) is 0 Å². The third-order valence-electron chi connectivity index (χ3n) is 1.64. The quantitative estimate of drug-likeness (QED) is 0.496. The maximum absolute atomic E-state index is 12.6. The Morgan fingerprint density at radius 2 is 1.73 bits per heavy atom. The van der Waals surface area contributed by atoms with Gasteiger partial charge >= 0.3 is 58.4 Å². The molecule has 0 fully saturated rings. The van der Waals surface area contributed by atoms with E-state index in [4.69, 9.17) is 0 Å². The Morgan fingerprint density at radius 3 is 2.13 bits per heavy atom. The molecule has 0 bridgehead atoms. The summed E-state index contributed by atoms with van der Waals surface area (Å²) >= 11 is 0. The summed E-state index contributed by atoms with van der Waals surface area (Å²) in [5, 5.41) is 0. The third kappa shape index (κ3) is 4.48. The van der Waals surface area contributed by atoms with Crippen molar-refractivity contribution in [3.63, 3.8) is 0 Å². The molecule has 78 valence electrons. The zero-order chi connectivity index (χ0) is 11.0. The van der Waals surface area contributed by atoms with E-state index in [-0.39, 0.29) is 51.4 Å². The molecule has 0 amide bonds. The summed E-state index contributed by atoms with van der Waals surface area (Å²) in [6.45, 7) is -4.75. The Bertz CT molecular complexity index is 306. The Labute approximate surface area is 126 Å². The van der Waals surface area contributed by atoms with Crippen molar-refractivity contribution in [2.45, 2.75) is 12.8 Å². The topological polar surface area (TPSA) is 12.9 Å². The number of alkyl halides is 2. The van der Waals surface area contributed by atoms with Gasteiger partial charge in [-0.3, -0.25) is 4.98 Å². The van der Waals surface area contributed by atoms with E-state index in [0.29, 0.717) is 19.2 Å². The second-order valence-electron chi connectivity index (χ2n) is 2.97. The molecule has 15 heavy (non-hydrogen) atoms. The van der Waals surface area contributed by atoms with Crippen LogP contribution in [0, 0.1) is 0 Å². The molecule has 0 aliphatic heterocycles. The van der Waals surface area contributed by atoms with Gasteiger partial charge in [-0.15, -0.1) is 0 Å². The predicted molar refractivity (Wildman–Crippen MR) is 42.5 cm³/mol. The first kappa shape index (κ1) is 15.5. The van der Waals surface area contributed by atoms with Crippen LogP contribution < -0.4 is 56.8 Å². The average molecular weight is 249 g/mol. The third-order valence-corrected chi connectivity index (χ3v) is 1.64. The maximum atomic E-state index is 12.6. The molecule has 0 N–H and O–H groups in total. The van der Waals surface area contributed by atoms with Crippen LogP contribution in [0.1, 0.15) is 12.5 Å². The normalized spacial score (nSPS) is 12.1. The van der Waals surface area contributed by atoms with Crippen LogP contribution in [0.4, 0.5) is 21.7 Å². The second kappa shape index (κ2) is 5.22. The van der Waals surface area contributed by atoms with Gasteiger partial charge in [0.05, 0.1) is 0 Å². The van der Waals surface area contributed by atoms with Gasteiger partial charge in [0, 0.05) is 18.7 Å². The van der Waals surface area contributed by atoms with Gasteiger partial charge in [0.25, 0.3) is 5.92 Å². The van der Waals surface area contributed by atoms with Crippen molar-refractivity contribution >= 4 is 12.4 Å². The van der Waals surface area contributed by atoms with Crippen molar-refractivity contribution in [3.05, 3.63) is 24.0 Å². The molecule has 0 saturated carbocycles. The summed E-state index contributed by atoms with van der Waals surface area (Å²) in [6, 6.07) is 0.424. The van der Waals surface area contributed by atoms with Crippen LogP contribution in [-0.4, -0.2) is 12.0 Å². The maximum Gasteiger partial charge on any atom is 1.00 e. The SMILES string of the molecule is CC(F)(F)c1cncc([B-](F)(F)F)c1.[K+]. The second-order valence-corrected chi connectivity index (χ2v) is 2.97. The minimum absolute atomic E-state index is 0. The van der Waals surface area contributed by atoms with Gasteiger partial charge in [-0.1, -0.05) is 11.5 Å². The first-order chi connectivity index (χ1) is 6.21. The minimum Gasteiger partial charge on any atom is -0.445 e. The van der Waals surface area contributed by atoms with E-state index in [0.717, 1.165) is 6.20 Å². The number of halogens is 5. The van der Waals surface area contributed by atoms with Crippen molar-refractivity contribution in [1.82, 2.24) is 4.98 Å². The van der Waals surface area contributed by atoms with Crippen molar-refractivity contribution in [3.8, 4) is 0 Å². The fourth-order valence-corrected chi connectivity index (χ4v) is 0.877. The van der Waals surface area contributed by atoms with Crippen molar-refractivity contribution in [2.24, 2.45) is 0 Å². The molecule has 1 heterocycles. The molecular weight excluding hydrogens is 243 g/mol. The number of rotatable bonds is 2. The average Bonchev–Trinajstić information content (AvgIpc) is 2.01. The fraction of sp³-hybridized carbons (Fsp3) is 0.286. The molecule has 0 spiro atoms. The molecule has 0 aromatic carbocycles. The summed E-state index contributed by atoms with van der Waals surface area (Å²) in [5.74, 6) is -3.30. The molecule has 1 rings (SSSR count). The van der Waals surface area contributed by atoms with Gasteiger partial charge in [0.2, 0.25) is 0 Å². The molecule has 0 atom stereocenters. The number of aromatic nitrogens is 1. The van der Waals surface area contributed by atoms with Gasteiger partial charge in [0.1, 0.15) is 0 Å². The molecule has 1 aromatic heterocycles. The summed E-state index contributed by atoms with van der Waals surface area (Å²) in [4.78, 5) is 3.13. The van der Waals surface area contributed by atoms with E-state index in [1.807, 2.05) is 0 Å². The van der Waals surface area contributed by atoms with Gasteiger partial charge in [-0.2, -0.15) is 0 Å². The minimum atomic E-state index is -5.27. The monoisotopic (exact) mass is 249 g/mol. The van der Waals surface area contributed by atoms with E-state index in [1.165, 1.54) is 0 Å². The number of hydrogen-bond donors (Lipinski definition) is 0. The van der Waals surface area contributed by atoms with E-state index in [9.17, 15) is 21.7 Å². The molecule has 0 saturated heterocycles. The van der Waals surface area contributed by atoms with Crippen LogP contribution in [0.3, 0.4) is 0 Å². The van der Waals surface area contributed by atoms with Crippen molar-refractivity contribution in [1.29, 1.82) is 0 Å². The Kier molecular flexibility index (Phi) is 5.40. The molecular formula is C7H6BF5KN. The van der Waals surface area contributed by atoms with Crippen molar-refractivity contribution in [2.75, 3.05) is 0 Å². The Balaban J connectivity index is 0.00000196. The van der Waals surface area contributed by atoms with Gasteiger partial charge in [-0.25, -0.2) is 8.78 Å². The summed E-state index contributed by atoms with van der Waals surface area (Å²) < 4.78 is 61.6. The smallest absolute Gasteiger partial charge is 0.445 e. The van der Waals surface area contributed by atoms with Crippen LogP contribution >= 0.6 is 0 Å². The van der Waals surface area contributed by atoms with Crippen LogP contribution in [0.15, 0.2) is 18.5 Å². The van der Waals surface area contributed by atoms with Gasteiger partial charge < -0.3 is 12.9 Å². The molecule has 0 aliphatic rings. The van der Waals surface area contributed by atoms with E-state index >= 15 is 0 Å². The predicted octanol–water partition coefficient (Wildman–Crippen LogP) is -0.748. The first-order valence-electron chi connectivity index (χ1n) is 3.74. The molecule has 1 nitrogen and oxygen atoms in total. The van der Waals surface area contributed by atoms with Gasteiger partial charge in [0.15, 0.2) is 0 Å². The van der Waals surface area contributed by atoms with Crippen LogP contribution in [0.25, 0.3) is 0 Å². The summed E-state index contributed by atoms with van der Waals surface area (Å²) in [7, 11) is 0. The molecule has 0 aliphatic carbocycles. The van der Waals surface area contributed by atoms with Gasteiger partial charge in [-0.05, 0) is 6.20 Å². The summed E-state index contributed by atoms with van der Waals surface area (Å²) in [6.07, 6.45) is 1.26. The van der Waals surface area contributed by atoms with E-state index in [2.05, 4.69) is 4.98 Å². The molecule has 0 radical (unpaired) electrons. The molecule has 0 unspecified atom stereocenters. The van der Waals surface area contributed by atoms with E-state index < -0.39 is 23.9 Å². The zero-order valence-corrected chi connectivity index (χ0v) is 11.3. The standard InChI is InChI=1S/C7H6BF5N.K/c1-7(9,10)5-2-6(4-14-3-5)8(11,12)13;/h2-4H,1H3;/q-1;+1. The van der Waals surface area contributed by atoms with Crippen LogP contribution in [0.2, 0.25) is 0 Å². The number of nitrogens with zero attached hydrogens (tertiary/aromatic N) is 1. The Morgan fingerprint density at radius 1 is 1.20 bits per heavy atom. The Hall–Kier alpha value is 0.501. The number of hydrogen-bond acceptors (Lipinski definition) is 1. The largest absolute Gasteiger partial charge is 1.00 e. The first-order valence-corrected chi connectivity index (χ1v) is 3.74. The van der Waals surface area contributed by atoms with Crippen LogP contribution in [0.5, 0.6) is 0 Å². The zero-order valence-electron chi connectivity index (χ0n) is 8.15. The molecule has 1 aromatic rings. The fourth-order valence-electron chi connectivity index (χ4n) is 0.877. The van der Waals surface area contributed by atoms with Crippen molar-refractivity contribution < 1.29 is 73.1 Å².